The second kappa shape index (κ2) is 3.26. The van der Waals surface area contributed by atoms with Crippen LogP contribution in [0, 0.1) is 5.92 Å². The Bertz CT molecular complexity index is 190. The van der Waals surface area contributed by atoms with Gasteiger partial charge in [-0.2, -0.15) is 0 Å². The predicted molar refractivity (Wildman–Crippen MR) is 42.2 cm³/mol. The molecule has 1 fully saturated rings. The van der Waals surface area contributed by atoms with Crippen molar-refractivity contribution in [2.75, 3.05) is 6.61 Å². The number of esters is 1. The smallest absolute Gasteiger partial charge is 0.318 e. The maximum atomic E-state index is 11.0. The fraction of sp³-hybridized carbons (Fsp3) is 0.714. The summed E-state index contributed by atoms with van der Waals surface area (Å²) in [4.78, 5) is 21.8. The maximum Gasteiger partial charge on any atom is 0.318 e. The molecule has 0 spiro atoms. The predicted octanol–water partition coefficient (Wildman–Crippen LogP) is 0.828. The van der Waals surface area contributed by atoms with E-state index in [1.54, 1.807) is 6.92 Å². The third-order valence-electron chi connectivity index (χ3n) is 1.57. The molecule has 0 aliphatic carbocycles. The normalized spacial score (nSPS) is 29.5. The van der Waals surface area contributed by atoms with E-state index in [1.165, 1.54) is 11.8 Å². The van der Waals surface area contributed by atoms with Crippen molar-refractivity contribution in [3.05, 3.63) is 0 Å². The Morgan fingerprint density at radius 2 is 2.36 bits per heavy atom. The molecule has 1 aliphatic heterocycles. The van der Waals surface area contributed by atoms with Crippen LogP contribution in [-0.4, -0.2) is 22.9 Å². The Labute approximate surface area is 69.5 Å². The van der Waals surface area contributed by atoms with E-state index in [1.807, 2.05) is 6.92 Å². The van der Waals surface area contributed by atoms with Crippen LogP contribution in [0.4, 0.5) is 0 Å². The van der Waals surface area contributed by atoms with Crippen molar-refractivity contribution in [3.8, 4) is 0 Å². The van der Waals surface area contributed by atoms with Crippen molar-refractivity contribution in [1.82, 2.24) is 0 Å². The average Bonchev–Trinajstić information content (AvgIpc) is 1.87. The molecular formula is C7H10O3S. The highest BCUT2D eigenvalue weighted by Gasteiger charge is 2.44. The van der Waals surface area contributed by atoms with Crippen LogP contribution < -0.4 is 0 Å². The van der Waals surface area contributed by atoms with E-state index in [2.05, 4.69) is 0 Å². The fourth-order valence-electron chi connectivity index (χ4n) is 0.964. The zero-order valence-corrected chi connectivity index (χ0v) is 7.31. The van der Waals surface area contributed by atoms with Crippen LogP contribution in [0.15, 0.2) is 0 Å². The van der Waals surface area contributed by atoms with E-state index in [4.69, 9.17) is 4.74 Å². The van der Waals surface area contributed by atoms with Crippen molar-refractivity contribution >= 4 is 22.8 Å². The van der Waals surface area contributed by atoms with E-state index in [0.717, 1.165) is 0 Å². The van der Waals surface area contributed by atoms with Gasteiger partial charge >= 0.3 is 5.97 Å². The Kier molecular flexibility index (Phi) is 2.54. The van der Waals surface area contributed by atoms with Gasteiger partial charge in [0.05, 0.1) is 6.61 Å². The average molecular weight is 174 g/mol. The van der Waals surface area contributed by atoms with E-state index >= 15 is 0 Å². The lowest BCUT2D eigenvalue weighted by molar-refractivity contribution is -0.150. The van der Waals surface area contributed by atoms with Crippen LogP contribution >= 0.6 is 11.8 Å². The van der Waals surface area contributed by atoms with Crippen molar-refractivity contribution in [2.24, 2.45) is 5.92 Å². The molecule has 1 aliphatic rings. The Hall–Kier alpha value is -0.510. The first kappa shape index (κ1) is 8.59. The summed E-state index contributed by atoms with van der Waals surface area (Å²) >= 11 is 1.21. The summed E-state index contributed by atoms with van der Waals surface area (Å²) in [5.41, 5.74) is 0. The SMILES string of the molecule is CCOC(=O)C1C(=O)SC1C. The first-order chi connectivity index (χ1) is 5.16. The van der Waals surface area contributed by atoms with E-state index < -0.39 is 5.92 Å². The van der Waals surface area contributed by atoms with Gasteiger partial charge in [0.25, 0.3) is 0 Å². The molecule has 0 aromatic heterocycles. The van der Waals surface area contributed by atoms with Gasteiger partial charge in [-0.15, -0.1) is 0 Å². The molecule has 2 atom stereocenters. The summed E-state index contributed by atoms with van der Waals surface area (Å²) in [6.45, 7) is 3.94. The van der Waals surface area contributed by atoms with Crippen molar-refractivity contribution in [3.63, 3.8) is 0 Å². The van der Waals surface area contributed by atoms with Gasteiger partial charge in [-0.3, -0.25) is 9.59 Å². The van der Waals surface area contributed by atoms with Crippen LogP contribution in [0.3, 0.4) is 0 Å². The molecule has 62 valence electrons. The number of rotatable bonds is 2. The third-order valence-corrected chi connectivity index (χ3v) is 2.70. The van der Waals surface area contributed by atoms with E-state index in [9.17, 15) is 9.59 Å². The molecule has 0 bridgehead atoms. The van der Waals surface area contributed by atoms with Gasteiger partial charge in [0.1, 0.15) is 5.92 Å². The van der Waals surface area contributed by atoms with Crippen molar-refractivity contribution in [2.45, 2.75) is 19.1 Å². The highest BCUT2D eigenvalue weighted by molar-refractivity contribution is 8.16. The Morgan fingerprint density at radius 1 is 1.73 bits per heavy atom. The quantitative estimate of drug-likeness (QED) is 0.459. The summed E-state index contributed by atoms with van der Waals surface area (Å²) in [5.74, 6) is -0.872. The second-order valence-electron chi connectivity index (χ2n) is 2.37. The molecular weight excluding hydrogens is 164 g/mol. The molecule has 0 saturated carbocycles. The first-order valence-electron chi connectivity index (χ1n) is 3.54. The lowest BCUT2D eigenvalue weighted by atomic mass is 10.1. The largest absolute Gasteiger partial charge is 0.465 e. The second-order valence-corrected chi connectivity index (χ2v) is 3.75. The van der Waals surface area contributed by atoms with Crippen LogP contribution in [-0.2, 0) is 14.3 Å². The van der Waals surface area contributed by atoms with Crippen LogP contribution in [0.5, 0.6) is 0 Å². The van der Waals surface area contributed by atoms with Crippen LogP contribution in [0.1, 0.15) is 13.8 Å². The number of ether oxygens (including phenoxy) is 1. The number of carbonyl (C=O) groups excluding carboxylic acids is 2. The van der Waals surface area contributed by atoms with Crippen molar-refractivity contribution < 1.29 is 14.3 Å². The maximum absolute atomic E-state index is 11.0. The number of thioether (sulfide) groups is 1. The monoisotopic (exact) mass is 174 g/mol. The molecule has 0 amide bonds. The standard InChI is InChI=1S/C7H10O3S/c1-3-10-6(8)5-4(2)11-7(5)9/h4-5H,3H2,1-2H3. The molecule has 1 saturated heterocycles. The summed E-state index contributed by atoms with van der Waals surface area (Å²) in [6.07, 6.45) is 0. The first-order valence-corrected chi connectivity index (χ1v) is 4.42. The van der Waals surface area contributed by atoms with Gasteiger partial charge < -0.3 is 4.74 Å². The lowest BCUT2D eigenvalue weighted by Crippen LogP contribution is -2.41. The molecule has 1 heterocycles. The van der Waals surface area contributed by atoms with Crippen LogP contribution in [0.2, 0.25) is 0 Å². The van der Waals surface area contributed by atoms with Gasteiger partial charge in [0.15, 0.2) is 0 Å². The van der Waals surface area contributed by atoms with E-state index in [0.29, 0.717) is 6.61 Å². The molecule has 0 aromatic rings. The topological polar surface area (TPSA) is 43.4 Å². The molecule has 4 heteroatoms. The summed E-state index contributed by atoms with van der Waals surface area (Å²) in [7, 11) is 0. The number of hydrogen-bond acceptors (Lipinski definition) is 4. The molecule has 3 nitrogen and oxygen atoms in total. The van der Waals surface area contributed by atoms with Gasteiger partial charge in [0.2, 0.25) is 5.12 Å². The van der Waals surface area contributed by atoms with Crippen LogP contribution in [0.25, 0.3) is 0 Å². The molecule has 1 rings (SSSR count). The highest BCUT2D eigenvalue weighted by atomic mass is 32.2. The number of carbonyl (C=O) groups is 2. The molecule has 0 N–H and O–H groups in total. The summed E-state index contributed by atoms with van der Waals surface area (Å²) < 4.78 is 4.71. The minimum atomic E-state index is -0.500. The lowest BCUT2D eigenvalue weighted by Gasteiger charge is -2.28. The minimum Gasteiger partial charge on any atom is -0.465 e. The fourth-order valence-corrected chi connectivity index (χ4v) is 1.92. The van der Waals surface area contributed by atoms with E-state index in [-0.39, 0.29) is 16.3 Å². The highest BCUT2D eigenvalue weighted by Crippen LogP contribution is 2.36. The van der Waals surface area contributed by atoms with Gasteiger partial charge in [0, 0.05) is 5.25 Å². The summed E-state index contributed by atoms with van der Waals surface area (Å²) in [5, 5.41) is 0.0394. The number of hydrogen-bond donors (Lipinski definition) is 0. The molecule has 0 radical (unpaired) electrons. The van der Waals surface area contributed by atoms with Gasteiger partial charge in [-0.1, -0.05) is 18.7 Å². The summed E-state index contributed by atoms with van der Waals surface area (Å²) in [6, 6.07) is 0. The van der Waals surface area contributed by atoms with Crippen molar-refractivity contribution in [1.29, 1.82) is 0 Å². The Balaban J connectivity index is 2.46. The molecule has 11 heavy (non-hydrogen) atoms. The molecule has 2 unspecified atom stereocenters. The van der Waals surface area contributed by atoms with Gasteiger partial charge in [-0.25, -0.2) is 0 Å². The zero-order valence-electron chi connectivity index (χ0n) is 6.49. The van der Waals surface area contributed by atoms with Gasteiger partial charge in [-0.05, 0) is 6.92 Å². The minimum absolute atomic E-state index is 0.0593. The third kappa shape index (κ3) is 1.56. The Morgan fingerprint density at radius 3 is 2.73 bits per heavy atom. The zero-order chi connectivity index (χ0) is 8.43. The molecule has 0 aromatic carbocycles.